The van der Waals surface area contributed by atoms with Gasteiger partial charge in [-0.15, -0.1) is 0 Å². The molecule has 3 aromatic rings. The summed E-state index contributed by atoms with van der Waals surface area (Å²) in [4.78, 5) is -0.641. The number of halogens is 3. The molecule has 0 aliphatic carbocycles. The zero-order chi connectivity index (χ0) is 21.4. The van der Waals surface area contributed by atoms with Gasteiger partial charge in [0.25, 0.3) is 0 Å². The molecule has 0 saturated heterocycles. The number of rotatable bonds is 5. The molecule has 9 heteroatoms. The summed E-state index contributed by atoms with van der Waals surface area (Å²) in [5, 5.41) is 9.04. The maximum absolute atomic E-state index is 13.8. The summed E-state index contributed by atoms with van der Waals surface area (Å²) in [6.45, 7) is 4.13. The van der Waals surface area contributed by atoms with Gasteiger partial charge in [-0.1, -0.05) is 38.1 Å². The summed E-state index contributed by atoms with van der Waals surface area (Å²) in [5.41, 5.74) is -0.146. The molecule has 0 amide bonds. The van der Waals surface area contributed by atoms with Gasteiger partial charge >= 0.3 is 6.18 Å². The van der Waals surface area contributed by atoms with E-state index in [4.69, 9.17) is 5.14 Å². The molecule has 0 fully saturated rings. The van der Waals surface area contributed by atoms with Crippen LogP contribution in [0.2, 0.25) is 0 Å². The molecule has 2 aromatic carbocycles. The predicted octanol–water partition coefficient (Wildman–Crippen LogP) is 4.40. The number of sulfonamides is 1. The van der Waals surface area contributed by atoms with Gasteiger partial charge in [0.15, 0.2) is 0 Å². The second-order valence-electron chi connectivity index (χ2n) is 7.16. The Labute approximate surface area is 167 Å². The zero-order valence-corrected chi connectivity index (χ0v) is 16.6. The van der Waals surface area contributed by atoms with Crippen molar-refractivity contribution in [2.45, 2.75) is 31.3 Å². The van der Waals surface area contributed by atoms with Gasteiger partial charge in [0.1, 0.15) is 4.90 Å². The molecule has 0 saturated carbocycles. The molecule has 0 unspecified atom stereocenters. The molecule has 1 aromatic heterocycles. The van der Waals surface area contributed by atoms with Crippen molar-refractivity contribution < 1.29 is 21.6 Å². The maximum atomic E-state index is 13.8. The average Bonchev–Trinajstić information content (AvgIpc) is 3.13. The summed E-state index contributed by atoms with van der Waals surface area (Å²) in [7, 11) is -4.46. The van der Waals surface area contributed by atoms with Crippen LogP contribution < -0.4 is 5.14 Å². The average molecular weight is 423 g/mol. The summed E-state index contributed by atoms with van der Waals surface area (Å²) in [5.74, 6) is 0.431. The zero-order valence-electron chi connectivity index (χ0n) is 15.8. The standard InChI is InChI=1S/C20H20F3N3O2S/c1-13(2)10-14-4-6-15(7-5-14)16-11-17(20(21,22)23)19(26-9-3-8-25-26)18(12-16)29(24,27)28/h3-9,11-13H,10H2,1-2H3,(H2,24,27,28). The van der Waals surface area contributed by atoms with E-state index in [0.717, 1.165) is 28.8 Å². The van der Waals surface area contributed by atoms with Crippen molar-refractivity contribution in [1.82, 2.24) is 9.78 Å². The molecular formula is C20H20F3N3O2S. The second kappa shape index (κ2) is 7.64. The summed E-state index contributed by atoms with van der Waals surface area (Å²) in [6, 6.07) is 10.5. The van der Waals surface area contributed by atoms with Crippen LogP contribution in [-0.4, -0.2) is 18.2 Å². The maximum Gasteiger partial charge on any atom is 0.418 e. The Kier molecular flexibility index (Phi) is 5.55. The number of nitrogens with zero attached hydrogens (tertiary/aromatic N) is 2. The van der Waals surface area contributed by atoms with Crippen molar-refractivity contribution in [2.75, 3.05) is 0 Å². The lowest BCUT2D eigenvalue weighted by molar-refractivity contribution is -0.137. The van der Waals surface area contributed by atoms with Gasteiger partial charge in [-0.05, 0) is 47.2 Å². The third kappa shape index (κ3) is 4.68. The SMILES string of the molecule is CC(C)Cc1ccc(-c2cc(C(F)(F)F)c(-n3cccn3)c(S(N)(=O)=O)c2)cc1. The largest absolute Gasteiger partial charge is 0.418 e. The Morgan fingerprint density at radius 3 is 2.24 bits per heavy atom. The minimum atomic E-state index is -4.81. The predicted molar refractivity (Wildman–Crippen MR) is 104 cm³/mol. The van der Waals surface area contributed by atoms with Crippen LogP contribution in [0, 0.1) is 5.92 Å². The Balaban J connectivity index is 2.25. The van der Waals surface area contributed by atoms with Crippen LogP contribution in [0.25, 0.3) is 16.8 Å². The van der Waals surface area contributed by atoms with E-state index in [-0.39, 0.29) is 5.56 Å². The lowest BCUT2D eigenvalue weighted by atomic mass is 9.97. The highest BCUT2D eigenvalue weighted by molar-refractivity contribution is 7.89. The fraction of sp³-hybridized carbons (Fsp3) is 0.250. The molecule has 0 bridgehead atoms. The van der Waals surface area contributed by atoms with Crippen LogP contribution >= 0.6 is 0 Å². The highest BCUT2D eigenvalue weighted by Gasteiger charge is 2.37. The molecular weight excluding hydrogens is 403 g/mol. The van der Waals surface area contributed by atoms with E-state index in [9.17, 15) is 21.6 Å². The first kappa shape index (κ1) is 21.1. The van der Waals surface area contributed by atoms with Crippen molar-refractivity contribution in [3.8, 4) is 16.8 Å². The smallest absolute Gasteiger partial charge is 0.239 e. The van der Waals surface area contributed by atoms with Crippen molar-refractivity contribution in [3.05, 3.63) is 66.0 Å². The van der Waals surface area contributed by atoms with E-state index in [2.05, 4.69) is 18.9 Å². The highest BCUT2D eigenvalue weighted by atomic mass is 32.2. The van der Waals surface area contributed by atoms with E-state index in [0.29, 0.717) is 11.5 Å². The van der Waals surface area contributed by atoms with E-state index in [1.54, 1.807) is 12.1 Å². The van der Waals surface area contributed by atoms with Crippen LogP contribution in [0.4, 0.5) is 13.2 Å². The molecule has 0 aliphatic rings. The number of hydrogen-bond acceptors (Lipinski definition) is 3. The quantitative estimate of drug-likeness (QED) is 0.661. The van der Waals surface area contributed by atoms with Crippen LogP contribution in [0.3, 0.4) is 0 Å². The normalized spacial score (nSPS) is 12.5. The van der Waals surface area contributed by atoms with Crippen LogP contribution in [0.1, 0.15) is 25.0 Å². The van der Waals surface area contributed by atoms with Crippen LogP contribution in [0.5, 0.6) is 0 Å². The van der Waals surface area contributed by atoms with E-state index in [1.165, 1.54) is 18.5 Å². The minimum Gasteiger partial charge on any atom is -0.239 e. The van der Waals surface area contributed by atoms with Crippen LogP contribution in [-0.2, 0) is 22.6 Å². The van der Waals surface area contributed by atoms with Gasteiger partial charge in [0.05, 0.1) is 11.3 Å². The summed E-state index contributed by atoms with van der Waals surface area (Å²) < 4.78 is 66.7. The Hall–Kier alpha value is -2.65. The first-order valence-corrected chi connectivity index (χ1v) is 10.4. The van der Waals surface area contributed by atoms with Gasteiger partial charge < -0.3 is 0 Å². The molecule has 1 heterocycles. The molecule has 29 heavy (non-hydrogen) atoms. The molecule has 5 nitrogen and oxygen atoms in total. The van der Waals surface area contributed by atoms with Gasteiger partial charge in [-0.25, -0.2) is 18.2 Å². The lowest BCUT2D eigenvalue weighted by Gasteiger charge is -2.18. The Morgan fingerprint density at radius 2 is 1.76 bits per heavy atom. The molecule has 0 atom stereocenters. The number of benzene rings is 2. The van der Waals surface area contributed by atoms with E-state index < -0.39 is 32.3 Å². The molecule has 2 N–H and O–H groups in total. The van der Waals surface area contributed by atoms with Gasteiger partial charge in [-0.3, -0.25) is 0 Å². The highest BCUT2D eigenvalue weighted by Crippen LogP contribution is 2.39. The van der Waals surface area contributed by atoms with Crippen molar-refractivity contribution in [2.24, 2.45) is 11.1 Å². The molecule has 0 spiro atoms. The third-order valence-electron chi connectivity index (χ3n) is 4.35. The monoisotopic (exact) mass is 423 g/mol. The molecule has 154 valence electrons. The number of aromatic nitrogens is 2. The fourth-order valence-corrected chi connectivity index (χ4v) is 3.91. The molecule has 0 aliphatic heterocycles. The number of alkyl halides is 3. The number of hydrogen-bond donors (Lipinski definition) is 1. The van der Waals surface area contributed by atoms with Crippen molar-refractivity contribution in [1.29, 1.82) is 0 Å². The lowest BCUT2D eigenvalue weighted by Crippen LogP contribution is -2.20. The minimum absolute atomic E-state index is 0.105. The van der Waals surface area contributed by atoms with Gasteiger partial charge in [0, 0.05) is 12.4 Å². The topological polar surface area (TPSA) is 78.0 Å². The Morgan fingerprint density at radius 1 is 1.10 bits per heavy atom. The fourth-order valence-electron chi connectivity index (χ4n) is 3.15. The van der Waals surface area contributed by atoms with Crippen LogP contribution in [0.15, 0.2) is 59.8 Å². The second-order valence-corrected chi connectivity index (χ2v) is 8.69. The van der Waals surface area contributed by atoms with Crippen molar-refractivity contribution in [3.63, 3.8) is 0 Å². The van der Waals surface area contributed by atoms with Gasteiger partial charge in [-0.2, -0.15) is 18.3 Å². The third-order valence-corrected chi connectivity index (χ3v) is 5.28. The van der Waals surface area contributed by atoms with E-state index in [1.807, 2.05) is 12.1 Å². The summed E-state index contributed by atoms with van der Waals surface area (Å²) in [6.07, 6.45) is -1.49. The van der Waals surface area contributed by atoms with Crippen molar-refractivity contribution >= 4 is 10.0 Å². The number of primary sulfonamides is 1. The number of nitrogens with two attached hydrogens (primary N) is 1. The molecule has 3 rings (SSSR count). The first-order valence-electron chi connectivity index (χ1n) is 8.84. The molecule has 0 radical (unpaired) electrons. The van der Waals surface area contributed by atoms with E-state index >= 15 is 0 Å². The van der Waals surface area contributed by atoms with Gasteiger partial charge in [0.2, 0.25) is 10.0 Å². The Bertz CT molecular complexity index is 1110. The first-order chi connectivity index (χ1) is 13.5. The summed E-state index contributed by atoms with van der Waals surface area (Å²) >= 11 is 0.